The second kappa shape index (κ2) is 6.12. The van der Waals surface area contributed by atoms with E-state index in [9.17, 15) is 9.59 Å². The molecule has 0 spiro atoms. The Bertz CT molecular complexity index is 556. The van der Waals surface area contributed by atoms with E-state index in [-0.39, 0.29) is 16.9 Å². The Morgan fingerprint density at radius 2 is 2.17 bits per heavy atom. The van der Waals surface area contributed by atoms with E-state index in [4.69, 9.17) is 10.4 Å². The number of nitrogens with zero attached hydrogens (tertiary/aromatic N) is 1. The first-order valence-corrected chi connectivity index (χ1v) is 6.01. The second-order valence-corrected chi connectivity index (χ2v) is 4.91. The maximum Gasteiger partial charge on any atom is 0.328 e. The number of halogens is 1. The highest BCUT2D eigenvalue weighted by Gasteiger charge is 2.18. The minimum Gasteiger partial charge on any atom is -0.478 e. The van der Waals surface area contributed by atoms with Crippen LogP contribution in [0.25, 0.3) is 6.08 Å². The van der Waals surface area contributed by atoms with Gasteiger partial charge < -0.3 is 5.11 Å². The molecule has 0 bridgehead atoms. The van der Waals surface area contributed by atoms with E-state index in [2.05, 4.69) is 15.9 Å². The maximum absolute atomic E-state index is 12.0. The molecule has 0 aromatic heterocycles. The predicted octanol–water partition coefficient (Wildman–Crippen LogP) is 2.62. The van der Waals surface area contributed by atoms with Crippen LogP contribution >= 0.6 is 15.9 Å². The van der Waals surface area contributed by atoms with Gasteiger partial charge in [0, 0.05) is 11.6 Å². The molecule has 0 radical (unpaired) electrons. The topological polar surface area (TPSA) is 78.2 Å². The van der Waals surface area contributed by atoms with Crippen molar-refractivity contribution in [1.82, 2.24) is 0 Å². The van der Waals surface area contributed by atoms with E-state index >= 15 is 0 Å². The Morgan fingerprint density at radius 3 is 2.67 bits per heavy atom. The Balaban J connectivity index is 3.39. The van der Waals surface area contributed by atoms with Crippen molar-refractivity contribution in [3.63, 3.8) is 0 Å². The lowest BCUT2D eigenvalue weighted by atomic mass is 9.96. The molecule has 0 aliphatic carbocycles. The third-order valence-electron chi connectivity index (χ3n) is 2.23. The number of carboxylic acid groups (broad SMARTS) is 1. The molecule has 0 fully saturated rings. The molecule has 1 N–H and O–H groups in total. The van der Waals surface area contributed by atoms with Crippen molar-refractivity contribution in [1.29, 1.82) is 5.26 Å². The van der Waals surface area contributed by atoms with E-state index in [1.807, 2.05) is 6.07 Å². The molecule has 4 nitrogen and oxygen atoms in total. The first-order valence-electron chi connectivity index (χ1n) is 5.09. The lowest BCUT2D eigenvalue weighted by Crippen LogP contribution is -2.13. The summed E-state index contributed by atoms with van der Waals surface area (Å²) in [6.45, 7) is 1.65. The summed E-state index contributed by atoms with van der Waals surface area (Å²) in [6.07, 6.45) is 2.25. The number of hydrogen-bond donors (Lipinski definition) is 1. The van der Waals surface area contributed by atoms with E-state index < -0.39 is 10.8 Å². The normalized spacial score (nSPS) is 12.1. The first kappa shape index (κ1) is 14.1. The number of alkyl halides is 1. The summed E-state index contributed by atoms with van der Waals surface area (Å²) in [5.74, 6) is -1.36. The fourth-order valence-corrected chi connectivity index (χ4v) is 1.67. The van der Waals surface area contributed by atoms with Crippen LogP contribution < -0.4 is 0 Å². The molecule has 18 heavy (non-hydrogen) atoms. The number of ketones is 1. The molecule has 0 saturated heterocycles. The number of Topliss-reactive ketones (excluding diaryl/α,β-unsaturated/α-hetero) is 1. The number of rotatable bonds is 4. The van der Waals surface area contributed by atoms with Crippen molar-refractivity contribution in [2.75, 3.05) is 0 Å². The van der Waals surface area contributed by atoms with Gasteiger partial charge in [0.2, 0.25) is 0 Å². The van der Waals surface area contributed by atoms with Crippen LogP contribution in [0.4, 0.5) is 0 Å². The molecule has 0 amide bonds. The lowest BCUT2D eigenvalue weighted by Gasteiger charge is -2.08. The molecule has 1 atom stereocenters. The van der Waals surface area contributed by atoms with Crippen molar-refractivity contribution >= 4 is 33.8 Å². The summed E-state index contributed by atoms with van der Waals surface area (Å²) in [5, 5.41) is 17.6. The standard InChI is InChI=1S/C13H10BrNO3/c1-8(14)13(18)12-9(5-6-11(16)17)3-2-4-10(12)7-15/h2-6,8H,1H3,(H,16,17). The summed E-state index contributed by atoms with van der Waals surface area (Å²) in [4.78, 5) is 22.1. The molecule has 0 aliphatic rings. The van der Waals surface area contributed by atoms with Gasteiger partial charge in [-0.15, -0.1) is 0 Å². The Kier molecular flexibility index (Phi) is 4.81. The van der Waals surface area contributed by atoms with Crippen LogP contribution in [0.3, 0.4) is 0 Å². The van der Waals surface area contributed by atoms with Crippen LogP contribution in [0.1, 0.15) is 28.4 Å². The van der Waals surface area contributed by atoms with E-state index in [0.717, 1.165) is 6.08 Å². The summed E-state index contributed by atoms with van der Waals surface area (Å²) in [7, 11) is 0. The van der Waals surface area contributed by atoms with Crippen molar-refractivity contribution in [3.8, 4) is 6.07 Å². The highest BCUT2D eigenvalue weighted by atomic mass is 79.9. The molecule has 1 rings (SSSR count). The van der Waals surface area contributed by atoms with Crippen molar-refractivity contribution < 1.29 is 14.7 Å². The number of carbonyl (C=O) groups is 2. The van der Waals surface area contributed by atoms with Crippen LogP contribution in [-0.4, -0.2) is 21.7 Å². The molecule has 0 saturated carbocycles. The largest absolute Gasteiger partial charge is 0.478 e. The van der Waals surface area contributed by atoms with Gasteiger partial charge in [-0.2, -0.15) is 5.26 Å². The van der Waals surface area contributed by atoms with Gasteiger partial charge in [-0.3, -0.25) is 4.79 Å². The van der Waals surface area contributed by atoms with Crippen LogP contribution in [0.15, 0.2) is 24.3 Å². The number of carboxylic acids is 1. The zero-order valence-corrected chi connectivity index (χ0v) is 11.1. The molecule has 1 aromatic carbocycles. The molecular weight excluding hydrogens is 298 g/mol. The van der Waals surface area contributed by atoms with Crippen molar-refractivity contribution in [2.24, 2.45) is 0 Å². The predicted molar refractivity (Wildman–Crippen MR) is 70.5 cm³/mol. The molecule has 0 aliphatic heterocycles. The van der Waals surface area contributed by atoms with Gasteiger partial charge in [0.15, 0.2) is 5.78 Å². The molecular formula is C13H10BrNO3. The lowest BCUT2D eigenvalue weighted by molar-refractivity contribution is -0.131. The van der Waals surface area contributed by atoms with Crippen LogP contribution in [0.5, 0.6) is 0 Å². The van der Waals surface area contributed by atoms with E-state index in [1.165, 1.54) is 12.1 Å². The SMILES string of the molecule is CC(Br)C(=O)c1c(C#N)cccc1C=CC(=O)O. The van der Waals surface area contributed by atoms with Crippen LogP contribution in [-0.2, 0) is 4.79 Å². The van der Waals surface area contributed by atoms with Crippen LogP contribution in [0.2, 0.25) is 0 Å². The highest BCUT2D eigenvalue weighted by Crippen LogP contribution is 2.20. The third kappa shape index (κ3) is 3.28. The summed E-state index contributed by atoms with van der Waals surface area (Å²) >= 11 is 3.15. The fourth-order valence-electron chi connectivity index (χ4n) is 1.44. The molecule has 1 aromatic rings. The minimum absolute atomic E-state index is 0.235. The minimum atomic E-state index is -1.11. The Hall–Kier alpha value is -1.93. The number of hydrogen-bond acceptors (Lipinski definition) is 3. The summed E-state index contributed by atoms with van der Waals surface area (Å²) in [6, 6.07) is 6.67. The molecule has 1 unspecified atom stereocenters. The number of carbonyl (C=O) groups excluding carboxylic acids is 1. The zero-order chi connectivity index (χ0) is 13.7. The monoisotopic (exact) mass is 307 g/mol. The van der Waals surface area contributed by atoms with Crippen molar-refractivity contribution in [3.05, 3.63) is 41.0 Å². The average Bonchev–Trinajstić information content (AvgIpc) is 2.34. The van der Waals surface area contributed by atoms with Gasteiger partial charge in [0.05, 0.1) is 16.5 Å². The maximum atomic E-state index is 12.0. The van der Waals surface area contributed by atoms with Crippen molar-refractivity contribution in [2.45, 2.75) is 11.8 Å². The summed E-state index contributed by atoms with van der Waals surface area (Å²) in [5.41, 5.74) is 0.897. The Labute approximate surface area is 113 Å². The third-order valence-corrected chi connectivity index (χ3v) is 2.65. The first-order chi connectivity index (χ1) is 8.47. The molecule has 0 heterocycles. The number of benzene rings is 1. The van der Waals surface area contributed by atoms with Gasteiger partial charge in [-0.25, -0.2) is 4.79 Å². The van der Waals surface area contributed by atoms with E-state index in [0.29, 0.717) is 5.56 Å². The quantitative estimate of drug-likeness (QED) is 0.527. The van der Waals surface area contributed by atoms with Gasteiger partial charge in [-0.05, 0) is 24.6 Å². The zero-order valence-electron chi connectivity index (χ0n) is 9.55. The van der Waals surface area contributed by atoms with E-state index in [1.54, 1.807) is 19.1 Å². The van der Waals surface area contributed by atoms with Gasteiger partial charge in [-0.1, -0.05) is 28.1 Å². The fraction of sp³-hybridized carbons (Fsp3) is 0.154. The number of aliphatic carboxylic acids is 1. The van der Waals surface area contributed by atoms with Gasteiger partial charge in [0.1, 0.15) is 0 Å². The summed E-state index contributed by atoms with van der Waals surface area (Å²) < 4.78 is 0. The van der Waals surface area contributed by atoms with Crippen LogP contribution in [0, 0.1) is 11.3 Å². The highest BCUT2D eigenvalue weighted by molar-refractivity contribution is 9.10. The second-order valence-electron chi connectivity index (χ2n) is 3.53. The Morgan fingerprint density at radius 1 is 1.50 bits per heavy atom. The van der Waals surface area contributed by atoms with Gasteiger partial charge >= 0.3 is 5.97 Å². The molecule has 5 heteroatoms. The average molecular weight is 308 g/mol. The molecule has 92 valence electrons. The number of nitriles is 1. The smallest absolute Gasteiger partial charge is 0.328 e. The van der Waals surface area contributed by atoms with Gasteiger partial charge in [0.25, 0.3) is 0 Å².